The van der Waals surface area contributed by atoms with E-state index in [1.807, 2.05) is 44.2 Å². The highest BCUT2D eigenvalue weighted by atomic mass is 16.6. The number of nitro benzene ring substituents is 1. The number of nitrogens with one attached hydrogen (secondary N) is 1. The van der Waals surface area contributed by atoms with Crippen molar-refractivity contribution in [2.24, 2.45) is 0 Å². The molecule has 0 atom stereocenters. The Morgan fingerprint density at radius 1 is 1.17 bits per heavy atom. The lowest BCUT2D eigenvalue weighted by molar-refractivity contribution is -0.385. The van der Waals surface area contributed by atoms with Crippen molar-refractivity contribution in [2.75, 3.05) is 0 Å². The fraction of sp³-hybridized carbons (Fsp3) is 0.278. The summed E-state index contributed by atoms with van der Waals surface area (Å²) in [5, 5.41) is 13.9. The van der Waals surface area contributed by atoms with Crippen LogP contribution in [0.2, 0.25) is 0 Å². The van der Waals surface area contributed by atoms with E-state index in [0.29, 0.717) is 17.5 Å². The molecule has 0 fully saturated rings. The lowest BCUT2D eigenvalue weighted by Crippen LogP contribution is -2.45. The summed E-state index contributed by atoms with van der Waals surface area (Å²) in [7, 11) is 0. The van der Waals surface area contributed by atoms with Gasteiger partial charge in [-0.3, -0.25) is 14.9 Å². The van der Waals surface area contributed by atoms with Gasteiger partial charge in [0.1, 0.15) is 0 Å². The van der Waals surface area contributed by atoms with E-state index in [0.717, 1.165) is 5.56 Å². The van der Waals surface area contributed by atoms with Gasteiger partial charge < -0.3 is 5.32 Å². The van der Waals surface area contributed by atoms with Crippen LogP contribution in [-0.4, -0.2) is 16.4 Å². The van der Waals surface area contributed by atoms with Crippen LogP contribution in [0.3, 0.4) is 0 Å². The van der Waals surface area contributed by atoms with Gasteiger partial charge in [-0.25, -0.2) is 0 Å². The molecule has 0 aromatic heterocycles. The smallest absolute Gasteiger partial charge is 0.273 e. The van der Waals surface area contributed by atoms with E-state index >= 15 is 0 Å². The second kappa shape index (κ2) is 6.60. The molecule has 0 radical (unpaired) electrons. The fourth-order valence-electron chi connectivity index (χ4n) is 2.48. The molecule has 0 unspecified atom stereocenters. The molecule has 5 heteroatoms. The lowest BCUT2D eigenvalue weighted by Gasteiger charge is -2.26. The quantitative estimate of drug-likeness (QED) is 0.676. The largest absolute Gasteiger partial charge is 0.347 e. The SMILES string of the molecule is Cc1ccc(C(=O)NC(C)(C)Cc2ccccc2)cc1[N+](=O)[O-]. The number of hydrogen-bond acceptors (Lipinski definition) is 3. The van der Waals surface area contributed by atoms with Crippen molar-refractivity contribution in [1.82, 2.24) is 5.32 Å². The van der Waals surface area contributed by atoms with E-state index in [1.165, 1.54) is 6.07 Å². The van der Waals surface area contributed by atoms with Gasteiger partial charge >= 0.3 is 0 Å². The zero-order valence-corrected chi connectivity index (χ0v) is 13.5. The highest BCUT2D eigenvalue weighted by Crippen LogP contribution is 2.20. The van der Waals surface area contributed by atoms with Crippen molar-refractivity contribution in [3.63, 3.8) is 0 Å². The number of rotatable bonds is 5. The zero-order chi connectivity index (χ0) is 17.0. The van der Waals surface area contributed by atoms with Gasteiger partial charge in [-0.15, -0.1) is 0 Å². The Hall–Kier alpha value is -2.69. The van der Waals surface area contributed by atoms with Crippen LogP contribution in [0, 0.1) is 17.0 Å². The summed E-state index contributed by atoms with van der Waals surface area (Å²) in [6, 6.07) is 14.4. The van der Waals surface area contributed by atoms with Gasteiger partial charge in [0.2, 0.25) is 0 Å². The van der Waals surface area contributed by atoms with E-state index < -0.39 is 10.5 Å². The molecule has 1 N–H and O–H groups in total. The molecule has 2 rings (SSSR count). The minimum atomic E-state index is -0.471. The molecule has 0 aliphatic rings. The topological polar surface area (TPSA) is 72.2 Å². The summed E-state index contributed by atoms with van der Waals surface area (Å²) in [6.07, 6.45) is 0.674. The molecule has 23 heavy (non-hydrogen) atoms. The van der Waals surface area contributed by atoms with Crippen molar-refractivity contribution >= 4 is 11.6 Å². The fourth-order valence-corrected chi connectivity index (χ4v) is 2.48. The Kier molecular flexibility index (Phi) is 4.79. The van der Waals surface area contributed by atoms with Crippen LogP contribution < -0.4 is 5.32 Å². The summed E-state index contributed by atoms with van der Waals surface area (Å²) >= 11 is 0. The molecule has 2 aromatic carbocycles. The van der Waals surface area contributed by atoms with Gasteiger partial charge in [0.05, 0.1) is 4.92 Å². The molecule has 0 heterocycles. The Balaban J connectivity index is 2.14. The van der Waals surface area contributed by atoms with Crippen molar-refractivity contribution in [1.29, 1.82) is 0 Å². The number of nitro groups is 1. The van der Waals surface area contributed by atoms with Gasteiger partial charge in [-0.2, -0.15) is 0 Å². The third kappa shape index (κ3) is 4.39. The number of benzene rings is 2. The number of hydrogen-bond donors (Lipinski definition) is 1. The monoisotopic (exact) mass is 312 g/mol. The summed E-state index contributed by atoms with van der Waals surface area (Å²) in [5.41, 5.74) is 1.45. The van der Waals surface area contributed by atoms with E-state index in [-0.39, 0.29) is 11.6 Å². The van der Waals surface area contributed by atoms with Crippen LogP contribution in [-0.2, 0) is 6.42 Å². The van der Waals surface area contributed by atoms with Gasteiger partial charge in [0.15, 0.2) is 0 Å². The average molecular weight is 312 g/mol. The first kappa shape index (κ1) is 16.7. The van der Waals surface area contributed by atoms with E-state index in [4.69, 9.17) is 0 Å². The Morgan fingerprint density at radius 2 is 1.83 bits per heavy atom. The first-order valence-corrected chi connectivity index (χ1v) is 7.40. The summed E-state index contributed by atoms with van der Waals surface area (Å²) in [6.45, 7) is 5.51. The van der Waals surface area contributed by atoms with Crippen LogP contribution >= 0.6 is 0 Å². The van der Waals surface area contributed by atoms with Gasteiger partial charge in [0, 0.05) is 22.7 Å². The molecule has 0 spiro atoms. The lowest BCUT2D eigenvalue weighted by atomic mass is 9.94. The van der Waals surface area contributed by atoms with Crippen molar-refractivity contribution in [3.05, 3.63) is 75.3 Å². The number of carbonyl (C=O) groups excluding carboxylic acids is 1. The molecule has 0 bridgehead atoms. The second-order valence-electron chi connectivity index (χ2n) is 6.26. The number of carbonyl (C=O) groups is 1. The minimum absolute atomic E-state index is 0.0430. The molecular weight excluding hydrogens is 292 g/mol. The summed E-state index contributed by atoms with van der Waals surface area (Å²) in [4.78, 5) is 22.9. The highest BCUT2D eigenvalue weighted by molar-refractivity contribution is 5.95. The predicted octanol–water partition coefficient (Wildman–Crippen LogP) is 3.65. The molecular formula is C18H20N2O3. The zero-order valence-electron chi connectivity index (χ0n) is 13.5. The molecule has 1 amide bonds. The van der Waals surface area contributed by atoms with Crippen LogP contribution in [0.4, 0.5) is 5.69 Å². The van der Waals surface area contributed by atoms with Crippen molar-refractivity contribution in [3.8, 4) is 0 Å². The van der Waals surface area contributed by atoms with Crippen LogP contribution in [0.15, 0.2) is 48.5 Å². The first-order chi connectivity index (χ1) is 10.8. The first-order valence-electron chi connectivity index (χ1n) is 7.40. The standard InChI is InChI=1S/C18H20N2O3/c1-13-9-10-15(11-16(13)20(22)23)17(21)19-18(2,3)12-14-7-5-4-6-8-14/h4-11H,12H2,1-3H3,(H,19,21). The maximum absolute atomic E-state index is 12.4. The second-order valence-corrected chi connectivity index (χ2v) is 6.26. The maximum atomic E-state index is 12.4. The van der Waals surface area contributed by atoms with Crippen LogP contribution in [0.1, 0.15) is 35.3 Å². The molecule has 0 saturated heterocycles. The molecule has 120 valence electrons. The normalized spacial score (nSPS) is 11.1. The Bertz CT molecular complexity index is 724. The van der Waals surface area contributed by atoms with Crippen molar-refractivity contribution < 1.29 is 9.72 Å². The Labute approximate surface area is 135 Å². The van der Waals surface area contributed by atoms with Crippen LogP contribution in [0.25, 0.3) is 0 Å². The third-order valence-electron chi connectivity index (χ3n) is 3.61. The van der Waals surface area contributed by atoms with Crippen molar-refractivity contribution in [2.45, 2.75) is 32.7 Å². The summed E-state index contributed by atoms with van der Waals surface area (Å²) in [5.74, 6) is -0.311. The van der Waals surface area contributed by atoms with Crippen LogP contribution in [0.5, 0.6) is 0 Å². The average Bonchev–Trinajstić information content (AvgIpc) is 2.47. The Morgan fingerprint density at radius 3 is 2.43 bits per heavy atom. The van der Waals surface area contributed by atoms with E-state index in [9.17, 15) is 14.9 Å². The summed E-state index contributed by atoms with van der Waals surface area (Å²) < 4.78 is 0. The molecule has 0 aliphatic heterocycles. The molecule has 0 aliphatic carbocycles. The number of aryl methyl sites for hydroxylation is 1. The van der Waals surface area contributed by atoms with E-state index in [1.54, 1.807) is 19.1 Å². The molecule has 0 saturated carbocycles. The molecule has 2 aromatic rings. The van der Waals surface area contributed by atoms with Gasteiger partial charge in [-0.05, 0) is 38.8 Å². The third-order valence-corrected chi connectivity index (χ3v) is 3.61. The number of nitrogens with zero attached hydrogens (tertiary/aromatic N) is 1. The minimum Gasteiger partial charge on any atom is -0.347 e. The highest BCUT2D eigenvalue weighted by Gasteiger charge is 2.23. The van der Waals surface area contributed by atoms with E-state index in [2.05, 4.69) is 5.32 Å². The maximum Gasteiger partial charge on any atom is 0.273 e. The number of amides is 1. The van der Waals surface area contributed by atoms with Gasteiger partial charge in [-0.1, -0.05) is 36.4 Å². The van der Waals surface area contributed by atoms with Gasteiger partial charge in [0.25, 0.3) is 11.6 Å². The molecule has 5 nitrogen and oxygen atoms in total. The predicted molar refractivity (Wildman–Crippen MR) is 89.5 cm³/mol.